The number of amides is 1. The van der Waals surface area contributed by atoms with Crippen LogP contribution in [0.2, 0.25) is 0 Å². The molecule has 1 fully saturated rings. The van der Waals surface area contributed by atoms with Crippen LogP contribution in [0.15, 0.2) is 18.3 Å². The van der Waals surface area contributed by atoms with Crippen molar-refractivity contribution in [2.75, 3.05) is 12.3 Å². The molecule has 86 valence electrons. The molecular formula is C12H17N3O. The van der Waals surface area contributed by atoms with Crippen LogP contribution in [0.1, 0.15) is 37.8 Å². The second kappa shape index (κ2) is 4.51. The van der Waals surface area contributed by atoms with Crippen molar-refractivity contribution in [1.82, 2.24) is 9.88 Å². The molecule has 0 spiro atoms. The lowest BCUT2D eigenvalue weighted by atomic mass is 9.96. The minimum atomic E-state index is 0.140. The molecule has 2 rings (SSSR count). The minimum Gasteiger partial charge on any atom is -0.384 e. The van der Waals surface area contributed by atoms with Crippen LogP contribution in [0, 0.1) is 0 Å². The van der Waals surface area contributed by atoms with Crippen molar-refractivity contribution < 1.29 is 4.79 Å². The fourth-order valence-electron chi connectivity index (χ4n) is 2.27. The van der Waals surface area contributed by atoms with Gasteiger partial charge in [0, 0.05) is 19.7 Å². The van der Waals surface area contributed by atoms with Crippen LogP contribution in [0.5, 0.6) is 0 Å². The summed E-state index contributed by atoms with van der Waals surface area (Å²) in [6.07, 6.45) is 5.06. The highest BCUT2D eigenvalue weighted by atomic mass is 16.2. The molecule has 0 unspecified atom stereocenters. The summed E-state index contributed by atoms with van der Waals surface area (Å²) in [4.78, 5) is 17.5. The molecule has 1 amide bonds. The Labute approximate surface area is 95.5 Å². The number of rotatable bonds is 1. The highest BCUT2D eigenvalue weighted by molar-refractivity contribution is 5.74. The van der Waals surface area contributed by atoms with Crippen LogP contribution in [-0.4, -0.2) is 22.3 Å². The first kappa shape index (κ1) is 10.9. The van der Waals surface area contributed by atoms with Crippen molar-refractivity contribution >= 4 is 11.7 Å². The number of nitrogens with two attached hydrogens (primary N) is 1. The van der Waals surface area contributed by atoms with Crippen molar-refractivity contribution in [3.05, 3.63) is 23.9 Å². The zero-order chi connectivity index (χ0) is 11.5. The lowest BCUT2D eigenvalue weighted by Gasteiger charge is -2.35. The quantitative estimate of drug-likeness (QED) is 0.782. The summed E-state index contributed by atoms with van der Waals surface area (Å²) in [7, 11) is 0. The zero-order valence-electron chi connectivity index (χ0n) is 9.52. The fourth-order valence-corrected chi connectivity index (χ4v) is 2.27. The lowest BCUT2D eigenvalue weighted by molar-refractivity contribution is -0.132. The molecule has 1 atom stereocenters. The molecule has 1 aliphatic rings. The Morgan fingerprint density at radius 3 is 2.94 bits per heavy atom. The van der Waals surface area contributed by atoms with E-state index in [2.05, 4.69) is 4.98 Å². The van der Waals surface area contributed by atoms with Gasteiger partial charge in [-0.25, -0.2) is 4.98 Å². The van der Waals surface area contributed by atoms with Gasteiger partial charge >= 0.3 is 0 Å². The molecule has 1 aliphatic heterocycles. The number of hydrogen-bond acceptors (Lipinski definition) is 3. The molecule has 1 aromatic rings. The van der Waals surface area contributed by atoms with E-state index < -0.39 is 0 Å². The predicted octanol–water partition coefficient (Wildman–Crippen LogP) is 1.74. The van der Waals surface area contributed by atoms with Gasteiger partial charge in [-0.2, -0.15) is 0 Å². The molecule has 1 saturated heterocycles. The molecule has 0 bridgehead atoms. The maximum absolute atomic E-state index is 11.5. The standard InChI is InChI=1S/C12H17N3O/c1-9(16)15-7-3-2-4-11(15)10-5-6-12(13)14-8-10/h5-6,8,11H,2-4,7H2,1H3,(H2,13,14)/t11-/m1/s1. The number of pyridine rings is 1. The van der Waals surface area contributed by atoms with Crippen LogP contribution in [-0.2, 0) is 4.79 Å². The molecule has 1 aromatic heterocycles. The highest BCUT2D eigenvalue weighted by Crippen LogP contribution is 2.30. The van der Waals surface area contributed by atoms with Crippen LogP contribution in [0.3, 0.4) is 0 Å². The number of anilines is 1. The van der Waals surface area contributed by atoms with Gasteiger partial charge in [0.25, 0.3) is 0 Å². The molecule has 2 heterocycles. The molecule has 2 N–H and O–H groups in total. The maximum Gasteiger partial charge on any atom is 0.219 e. The molecule has 16 heavy (non-hydrogen) atoms. The number of carbonyl (C=O) groups excluding carboxylic acids is 1. The van der Waals surface area contributed by atoms with Crippen LogP contribution in [0.4, 0.5) is 5.82 Å². The second-order valence-corrected chi connectivity index (χ2v) is 4.24. The van der Waals surface area contributed by atoms with Crippen molar-refractivity contribution in [3.8, 4) is 0 Å². The van der Waals surface area contributed by atoms with Crippen molar-refractivity contribution in [2.24, 2.45) is 0 Å². The van der Waals surface area contributed by atoms with Gasteiger partial charge in [0.2, 0.25) is 5.91 Å². The number of hydrogen-bond donors (Lipinski definition) is 1. The molecule has 4 nitrogen and oxygen atoms in total. The Morgan fingerprint density at radius 1 is 1.50 bits per heavy atom. The van der Waals surface area contributed by atoms with Gasteiger partial charge in [-0.3, -0.25) is 4.79 Å². The van der Waals surface area contributed by atoms with Crippen molar-refractivity contribution in [3.63, 3.8) is 0 Å². The Morgan fingerprint density at radius 2 is 2.31 bits per heavy atom. The second-order valence-electron chi connectivity index (χ2n) is 4.24. The smallest absolute Gasteiger partial charge is 0.219 e. The van der Waals surface area contributed by atoms with E-state index in [1.807, 2.05) is 11.0 Å². The molecule has 0 saturated carbocycles. The monoisotopic (exact) mass is 219 g/mol. The Balaban J connectivity index is 2.23. The Hall–Kier alpha value is -1.58. The van der Waals surface area contributed by atoms with E-state index in [0.29, 0.717) is 5.82 Å². The molecule has 0 radical (unpaired) electrons. The average molecular weight is 219 g/mol. The van der Waals surface area contributed by atoms with Gasteiger partial charge in [-0.1, -0.05) is 6.07 Å². The zero-order valence-corrected chi connectivity index (χ0v) is 9.52. The van der Waals surface area contributed by atoms with Gasteiger partial charge in [-0.05, 0) is 30.9 Å². The summed E-state index contributed by atoms with van der Waals surface area (Å²) in [5, 5.41) is 0. The van der Waals surface area contributed by atoms with Gasteiger partial charge < -0.3 is 10.6 Å². The normalized spacial score (nSPS) is 20.8. The number of aromatic nitrogens is 1. The predicted molar refractivity (Wildman–Crippen MR) is 62.6 cm³/mol. The van der Waals surface area contributed by atoms with Gasteiger partial charge in [0.05, 0.1) is 6.04 Å². The molecule has 0 aromatic carbocycles. The van der Waals surface area contributed by atoms with Gasteiger partial charge in [0.1, 0.15) is 5.82 Å². The number of nitrogens with zero attached hydrogens (tertiary/aromatic N) is 2. The van der Waals surface area contributed by atoms with Crippen LogP contribution >= 0.6 is 0 Å². The molecule has 0 aliphatic carbocycles. The van der Waals surface area contributed by atoms with Crippen LogP contribution in [0.25, 0.3) is 0 Å². The van der Waals surface area contributed by atoms with Crippen molar-refractivity contribution in [2.45, 2.75) is 32.2 Å². The van der Waals surface area contributed by atoms with E-state index in [4.69, 9.17) is 5.73 Å². The Kier molecular flexibility index (Phi) is 3.08. The van der Waals surface area contributed by atoms with E-state index in [0.717, 1.165) is 24.9 Å². The van der Waals surface area contributed by atoms with E-state index in [9.17, 15) is 4.79 Å². The molecular weight excluding hydrogens is 202 g/mol. The maximum atomic E-state index is 11.5. The highest BCUT2D eigenvalue weighted by Gasteiger charge is 2.25. The summed E-state index contributed by atoms with van der Waals surface area (Å²) in [6, 6.07) is 3.94. The number of carbonyl (C=O) groups is 1. The summed E-state index contributed by atoms with van der Waals surface area (Å²) >= 11 is 0. The fraction of sp³-hybridized carbons (Fsp3) is 0.500. The first-order chi connectivity index (χ1) is 7.68. The van der Waals surface area contributed by atoms with E-state index in [-0.39, 0.29) is 11.9 Å². The third kappa shape index (κ3) is 2.15. The van der Waals surface area contributed by atoms with Crippen molar-refractivity contribution in [1.29, 1.82) is 0 Å². The molecule has 4 heteroatoms. The third-order valence-corrected chi connectivity index (χ3v) is 3.10. The summed E-state index contributed by atoms with van der Waals surface area (Å²) in [6.45, 7) is 2.48. The SMILES string of the molecule is CC(=O)N1CCCC[C@@H]1c1ccc(N)nc1. The Bertz CT molecular complexity index is 374. The largest absolute Gasteiger partial charge is 0.384 e. The van der Waals surface area contributed by atoms with Gasteiger partial charge in [0.15, 0.2) is 0 Å². The lowest BCUT2D eigenvalue weighted by Crippen LogP contribution is -2.36. The van der Waals surface area contributed by atoms with E-state index in [1.54, 1.807) is 19.2 Å². The topological polar surface area (TPSA) is 59.2 Å². The first-order valence-electron chi connectivity index (χ1n) is 5.67. The minimum absolute atomic E-state index is 0.140. The number of piperidine rings is 1. The third-order valence-electron chi connectivity index (χ3n) is 3.10. The van der Waals surface area contributed by atoms with Gasteiger partial charge in [-0.15, -0.1) is 0 Å². The summed E-state index contributed by atoms with van der Waals surface area (Å²) < 4.78 is 0. The summed E-state index contributed by atoms with van der Waals surface area (Å²) in [5.41, 5.74) is 6.65. The van der Waals surface area contributed by atoms with Crippen LogP contribution < -0.4 is 5.73 Å². The first-order valence-corrected chi connectivity index (χ1v) is 5.67. The number of likely N-dealkylation sites (tertiary alicyclic amines) is 1. The van der Waals surface area contributed by atoms with E-state index >= 15 is 0 Å². The number of nitrogen functional groups attached to an aromatic ring is 1. The average Bonchev–Trinajstić information content (AvgIpc) is 2.30. The summed E-state index contributed by atoms with van der Waals surface area (Å²) in [5.74, 6) is 0.662. The van der Waals surface area contributed by atoms with E-state index in [1.165, 1.54) is 6.42 Å².